The number of rotatable bonds is 7. The standard InChI is InChI=1S/C17H23N3O4S2/c1-3-14-8-9-17(25-14)26(21,22)20-12-4-6-13(7-5-12)24-16-11-18-10-15(19-16)23-2/h8-13,20H,3-7H2,1-2H3. The van der Waals surface area contributed by atoms with Crippen molar-refractivity contribution >= 4 is 21.4 Å². The molecule has 2 aromatic rings. The number of methoxy groups -OCH3 is 1. The topological polar surface area (TPSA) is 90.4 Å². The smallest absolute Gasteiger partial charge is 0.250 e. The molecular weight excluding hydrogens is 374 g/mol. The quantitative estimate of drug-likeness (QED) is 0.773. The Morgan fingerprint density at radius 3 is 2.58 bits per heavy atom. The zero-order valence-corrected chi connectivity index (χ0v) is 16.5. The summed E-state index contributed by atoms with van der Waals surface area (Å²) in [5.74, 6) is 0.838. The van der Waals surface area contributed by atoms with Crippen LogP contribution in [0.25, 0.3) is 0 Å². The van der Waals surface area contributed by atoms with Crippen molar-refractivity contribution in [3.63, 3.8) is 0 Å². The molecule has 0 aliphatic heterocycles. The molecule has 9 heteroatoms. The van der Waals surface area contributed by atoms with Crippen LogP contribution in [0.1, 0.15) is 37.5 Å². The molecule has 0 radical (unpaired) electrons. The Morgan fingerprint density at radius 2 is 1.92 bits per heavy atom. The Balaban J connectivity index is 1.53. The van der Waals surface area contributed by atoms with Gasteiger partial charge in [0.05, 0.1) is 19.5 Å². The fourth-order valence-electron chi connectivity index (χ4n) is 2.93. The molecule has 7 nitrogen and oxygen atoms in total. The third-order valence-electron chi connectivity index (χ3n) is 4.33. The molecule has 0 spiro atoms. The van der Waals surface area contributed by atoms with Gasteiger partial charge in [-0.1, -0.05) is 6.92 Å². The number of thiophene rings is 1. The third kappa shape index (κ3) is 4.72. The first-order valence-corrected chi connectivity index (χ1v) is 10.9. The minimum atomic E-state index is -3.45. The molecule has 142 valence electrons. The second-order valence-corrected chi connectivity index (χ2v) is 9.30. The summed E-state index contributed by atoms with van der Waals surface area (Å²) in [6.45, 7) is 2.02. The first-order chi connectivity index (χ1) is 12.5. The van der Waals surface area contributed by atoms with E-state index in [1.165, 1.54) is 24.6 Å². The highest BCUT2D eigenvalue weighted by Gasteiger charge is 2.27. The van der Waals surface area contributed by atoms with E-state index in [-0.39, 0.29) is 12.1 Å². The lowest BCUT2D eigenvalue weighted by Gasteiger charge is -2.28. The summed E-state index contributed by atoms with van der Waals surface area (Å²) < 4.78 is 39.1. The van der Waals surface area contributed by atoms with Crippen LogP contribution in [0, 0.1) is 0 Å². The van der Waals surface area contributed by atoms with Gasteiger partial charge in [0.2, 0.25) is 21.8 Å². The van der Waals surface area contributed by atoms with Crippen molar-refractivity contribution in [3.05, 3.63) is 29.4 Å². The highest BCUT2D eigenvalue weighted by Crippen LogP contribution is 2.26. The van der Waals surface area contributed by atoms with Gasteiger partial charge in [0, 0.05) is 10.9 Å². The maximum atomic E-state index is 12.5. The van der Waals surface area contributed by atoms with Gasteiger partial charge in [0.15, 0.2) is 0 Å². The van der Waals surface area contributed by atoms with Crippen molar-refractivity contribution < 1.29 is 17.9 Å². The van der Waals surface area contributed by atoms with E-state index < -0.39 is 10.0 Å². The SMILES string of the molecule is CCc1ccc(S(=O)(=O)NC2CCC(Oc3cncc(OC)n3)CC2)s1. The van der Waals surface area contributed by atoms with E-state index in [9.17, 15) is 8.42 Å². The van der Waals surface area contributed by atoms with Crippen LogP contribution in [0.5, 0.6) is 11.8 Å². The van der Waals surface area contributed by atoms with Crippen molar-refractivity contribution in [2.24, 2.45) is 0 Å². The van der Waals surface area contributed by atoms with Crippen LogP contribution in [0.2, 0.25) is 0 Å². The van der Waals surface area contributed by atoms with Crippen LogP contribution in [-0.4, -0.2) is 37.6 Å². The zero-order chi connectivity index (χ0) is 18.6. The first-order valence-electron chi connectivity index (χ1n) is 8.64. The van der Waals surface area contributed by atoms with Gasteiger partial charge in [-0.25, -0.2) is 13.1 Å². The molecule has 1 N–H and O–H groups in total. The minimum Gasteiger partial charge on any atom is -0.480 e. The molecule has 1 aliphatic rings. The molecule has 1 saturated carbocycles. The second kappa shape index (κ2) is 8.32. The minimum absolute atomic E-state index is 0.00518. The largest absolute Gasteiger partial charge is 0.480 e. The van der Waals surface area contributed by atoms with Gasteiger partial charge in [-0.3, -0.25) is 4.98 Å². The Kier molecular flexibility index (Phi) is 6.10. The van der Waals surface area contributed by atoms with E-state index >= 15 is 0 Å². The molecule has 0 unspecified atom stereocenters. The molecule has 1 fully saturated rings. The molecule has 0 aromatic carbocycles. The Morgan fingerprint density at radius 1 is 1.19 bits per heavy atom. The highest BCUT2D eigenvalue weighted by molar-refractivity contribution is 7.91. The summed E-state index contributed by atoms with van der Waals surface area (Å²) in [6.07, 6.45) is 6.90. The lowest BCUT2D eigenvalue weighted by atomic mass is 9.94. The monoisotopic (exact) mass is 397 g/mol. The summed E-state index contributed by atoms with van der Waals surface area (Å²) in [5.41, 5.74) is 0. The normalized spacial score (nSPS) is 20.7. The number of aromatic nitrogens is 2. The predicted molar refractivity (Wildman–Crippen MR) is 99.3 cm³/mol. The summed E-state index contributed by atoms with van der Waals surface area (Å²) in [6, 6.07) is 3.49. The average molecular weight is 398 g/mol. The van der Waals surface area contributed by atoms with E-state index in [4.69, 9.17) is 9.47 Å². The van der Waals surface area contributed by atoms with E-state index in [1.807, 2.05) is 13.0 Å². The van der Waals surface area contributed by atoms with Crippen molar-refractivity contribution in [2.45, 2.75) is 55.4 Å². The lowest BCUT2D eigenvalue weighted by Crippen LogP contribution is -2.39. The van der Waals surface area contributed by atoms with E-state index in [2.05, 4.69) is 14.7 Å². The molecule has 0 atom stereocenters. The molecule has 0 amide bonds. The summed E-state index contributed by atoms with van der Waals surface area (Å²) in [7, 11) is -1.92. The summed E-state index contributed by atoms with van der Waals surface area (Å²) in [4.78, 5) is 9.29. The second-order valence-electron chi connectivity index (χ2n) is 6.19. The molecular formula is C17H23N3O4S2. The molecule has 1 aliphatic carbocycles. The van der Waals surface area contributed by atoms with Gasteiger partial charge in [-0.05, 0) is 44.2 Å². The number of nitrogens with one attached hydrogen (secondary N) is 1. The van der Waals surface area contributed by atoms with Crippen molar-refractivity contribution in [1.82, 2.24) is 14.7 Å². The average Bonchev–Trinajstić information content (AvgIpc) is 3.14. The molecule has 0 bridgehead atoms. The Bertz CT molecular complexity index is 830. The van der Waals surface area contributed by atoms with Crippen LogP contribution in [0.3, 0.4) is 0 Å². The number of ether oxygens (including phenoxy) is 2. The zero-order valence-electron chi connectivity index (χ0n) is 14.8. The number of aryl methyl sites for hydroxylation is 1. The van der Waals surface area contributed by atoms with Gasteiger partial charge in [0.25, 0.3) is 0 Å². The number of hydrogen-bond acceptors (Lipinski definition) is 7. The molecule has 26 heavy (non-hydrogen) atoms. The first kappa shape index (κ1) is 19.1. The van der Waals surface area contributed by atoms with Gasteiger partial charge in [0.1, 0.15) is 10.3 Å². The predicted octanol–water partition coefficient (Wildman–Crippen LogP) is 2.78. The third-order valence-corrected chi connectivity index (χ3v) is 7.58. The highest BCUT2D eigenvalue weighted by atomic mass is 32.2. The molecule has 2 aromatic heterocycles. The molecule has 0 saturated heterocycles. The summed E-state index contributed by atoms with van der Waals surface area (Å²) >= 11 is 1.33. The number of nitrogens with zero attached hydrogens (tertiary/aromatic N) is 2. The number of hydrogen-bond donors (Lipinski definition) is 1. The maximum absolute atomic E-state index is 12.5. The summed E-state index contributed by atoms with van der Waals surface area (Å²) in [5, 5.41) is 0. The van der Waals surface area contributed by atoms with E-state index in [0.717, 1.165) is 37.0 Å². The van der Waals surface area contributed by atoms with E-state index in [0.29, 0.717) is 16.0 Å². The fourth-order valence-corrected chi connectivity index (χ4v) is 5.54. The Hall–Kier alpha value is -1.71. The van der Waals surface area contributed by atoms with Gasteiger partial charge in [-0.15, -0.1) is 11.3 Å². The van der Waals surface area contributed by atoms with Crippen molar-refractivity contribution in [3.8, 4) is 11.8 Å². The Labute approximate surface area is 157 Å². The van der Waals surface area contributed by atoms with Gasteiger partial charge < -0.3 is 9.47 Å². The van der Waals surface area contributed by atoms with E-state index in [1.54, 1.807) is 12.3 Å². The van der Waals surface area contributed by atoms with Gasteiger partial charge >= 0.3 is 0 Å². The van der Waals surface area contributed by atoms with Crippen LogP contribution in [0.15, 0.2) is 28.7 Å². The number of sulfonamides is 1. The lowest BCUT2D eigenvalue weighted by molar-refractivity contribution is 0.136. The molecule has 3 rings (SSSR count). The fraction of sp³-hybridized carbons (Fsp3) is 0.529. The molecule has 2 heterocycles. The van der Waals surface area contributed by atoms with Crippen LogP contribution in [-0.2, 0) is 16.4 Å². The van der Waals surface area contributed by atoms with Crippen molar-refractivity contribution in [1.29, 1.82) is 0 Å². The van der Waals surface area contributed by atoms with Crippen molar-refractivity contribution in [2.75, 3.05) is 7.11 Å². The van der Waals surface area contributed by atoms with Crippen LogP contribution < -0.4 is 14.2 Å². The van der Waals surface area contributed by atoms with Crippen LogP contribution in [0.4, 0.5) is 0 Å². The van der Waals surface area contributed by atoms with Crippen LogP contribution >= 0.6 is 11.3 Å². The van der Waals surface area contributed by atoms with Gasteiger partial charge in [-0.2, -0.15) is 4.98 Å². The maximum Gasteiger partial charge on any atom is 0.250 e.